The molecule has 2 aromatic heterocycles. The lowest BCUT2D eigenvalue weighted by Gasteiger charge is -2.17. The molecule has 4 rings (SSSR count). The quantitative estimate of drug-likeness (QED) is 0.228. The van der Waals surface area contributed by atoms with E-state index in [1.54, 1.807) is 37.2 Å². The maximum absolute atomic E-state index is 12.7. The van der Waals surface area contributed by atoms with E-state index in [2.05, 4.69) is 6.07 Å². The summed E-state index contributed by atoms with van der Waals surface area (Å²) in [5.74, 6) is -0.500. The number of fused-ring (bicyclic) bond motifs is 1. The monoisotopic (exact) mass is 521 g/mol. The van der Waals surface area contributed by atoms with Crippen molar-refractivity contribution in [2.75, 3.05) is 32.6 Å². The lowest BCUT2D eigenvalue weighted by Crippen LogP contribution is -2.24. The topological polar surface area (TPSA) is 91.5 Å². The third kappa shape index (κ3) is 6.22. The number of carbonyl (C=O) groups excluding carboxylic acids is 2. The molecular weight excluding hydrogens is 490 g/mol. The van der Waals surface area contributed by atoms with Crippen LogP contribution in [0.4, 0.5) is 5.69 Å². The van der Waals surface area contributed by atoms with Gasteiger partial charge in [-0.3, -0.25) is 14.2 Å². The molecule has 0 spiro atoms. The summed E-state index contributed by atoms with van der Waals surface area (Å²) in [6.45, 7) is 3.84. The van der Waals surface area contributed by atoms with Crippen molar-refractivity contribution in [1.82, 2.24) is 14.5 Å². The van der Waals surface area contributed by atoms with Gasteiger partial charge in [0.15, 0.2) is 6.23 Å². The second-order valence-electron chi connectivity index (χ2n) is 9.56. The average Bonchev–Trinajstić information content (AvgIpc) is 3.31. The van der Waals surface area contributed by atoms with Gasteiger partial charge in [-0.25, -0.2) is 4.98 Å². The number of benzene rings is 2. The number of nitrogens with zero attached hydrogens (tertiary/aromatic N) is 5. The minimum atomic E-state index is -0.570. The zero-order chi connectivity index (χ0) is 28.1. The van der Waals surface area contributed by atoms with Crippen LogP contribution in [0.25, 0.3) is 33.3 Å². The van der Waals surface area contributed by atoms with E-state index >= 15 is 0 Å². The summed E-state index contributed by atoms with van der Waals surface area (Å²) < 4.78 is 7.26. The van der Waals surface area contributed by atoms with E-state index in [1.807, 2.05) is 84.4 Å². The predicted molar refractivity (Wildman–Crippen MR) is 153 cm³/mol. The van der Waals surface area contributed by atoms with Crippen molar-refractivity contribution in [3.8, 4) is 28.3 Å². The smallest absolute Gasteiger partial charge is 0.304 e. The second kappa shape index (κ2) is 11.8. The highest BCUT2D eigenvalue weighted by molar-refractivity contribution is 6.01. The summed E-state index contributed by atoms with van der Waals surface area (Å²) in [6.07, 6.45) is 6.51. The third-order valence-corrected chi connectivity index (χ3v) is 6.33. The Morgan fingerprint density at radius 3 is 2.54 bits per heavy atom. The van der Waals surface area contributed by atoms with Gasteiger partial charge in [-0.05, 0) is 62.5 Å². The number of rotatable bonds is 8. The van der Waals surface area contributed by atoms with E-state index in [9.17, 15) is 14.9 Å². The Kier molecular flexibility index (Phi) is 8.23. The Morgan fingerprint density at radius 1 is 1.08 bits per heavy atom. The van der Waals surface area contributed by atoms with Gasteiger partial charge in [0.25, 0.3) is 0 Å². The molecule has 0 N–H and O–H groups in total. The number of esters is 1. The van der Waals surface area contributed by atoms with Gasteiger partial charge in [0.1, 0.15) is 5.65 Å². The van der Waals surface area contributed by atoms with Crippen molar-refractivity contribution >= 4 is 28.6 Å². The van der Waals surface area contributed by atoms with Crippen LogP contribution < -0.4 is 4.90 Å². The number of likely N-dealkylation sites (N-methyl/N-ethyl adjacent to an activating group) is 2. The number of anilines is 1. The molecule has 1 unspecified atom stereocenters. The summed E-state index contributed by atoms with van der Waals surface area (Å²) in [7, 11) is 5.65. The van der Waals surface area contributed by atoms with Crippen LogP contribution in [0.2, 0.25) is 0 Å². The molecule has 8 heteroatoms. The predicted octanol–water partition coefficient (Wildman–Crippen LogP) is 5.40. The van der Waals surface area contributed by atoms with Crippen molar-refractivity contribution in [2.24, 2.45) is 0 Å². The zero-order valence-electron chi connectivity index (χ0n) is 22.8. The van der Waals surface area contributed by atoms with Gasteiger partial charge in [-0.2, -0.15) is 5.26 Å². The number of nitriles is 1. The molecule has 39 heavy (non-hydrogen) atoms. The van der Waals surface area contributed by atoms with Crippen LogP contribution in [0.1, 0.15) is 25.6 Å². The fourth-order valence-corrected chi connectivity index (χ4v) is 4.35. The second-order valence-corrected chi connectivity index (χ2v) is 9.56. The van der Waals surface area contributed by atoms with E-state index < -0.39 is 6.23 Å². The Morgan fingerprint density at radius 2 is 1.82 bits per heavy atom. The maximum Gasteiger partial charge on any atom is 0.304 e. The minimum absolute atomic E-state index is 0.112. The summed E-state index contributed by atoms with van der Waals surface area (Å²) in [5, 5.41) is 10.3. The minimum Gasteiger partial charge on any atom is -0.442 e. The van der Waals surface area contributed by atoms with Gasteiger partial charge < -0.3 is 14.5 Å². The average molecular weight is 522 g/mol. The van der Waals surface area contributed by atoms with E-state index in [0.29, 0.717) is 17.8 Å². The Labute approximate surface area is 228 Å². The van der Waals surface area contributed by atoms with E-state index in [4.69, 9.17) is 9.72 Å². The van der Waals surface area contributed by atoms with E-state index in [0.717, 1.165) is 33.3 Å². The van der Waals surface area contributed by atoms with Gasteiger partial charge in [-0.15, -0.1) is 0 Å². The summed E-state index contributed by atoms with van der Waals surface area (Å²) in [6, 6.07) is 19.3. The third-order valence-electron chi connectivity index (χ3n) is 6.33. The van der Waals surface area contributed by atoms with E-state index in [-0.39, 0.29) is 11.9 Å². The highest BCUT2D eigenvalue weighted by Crippen LogP contribution is 2.35. The first-order valence-corrected chi connectivity index (χ1v) is 12.6. The number of pyridine rings is 1. The van der Waals surface area contributed by atoms with Gasteiger partial charge in [0.2, 0.25) is 5.91 Å². The summed E-state index contributed by atoms with van der Waals surface area (Å²) in [5.41, 5.74) is 5.44. The number of ether oxygens (including phenoxy) is 1. The molecule has 0 saturated heterocycles. The van der Waals surface area contributed by atoms with Crippen molar-refractivity contribution in [2.45, 2.75) is 20.1 Å². The molecule has 8 nitrogen and oxygen atoms in total. The molecule has 1 amide bonds. The lowest BCUT2D eigenvalue weighted by molar-refractivity contribution is -0.149. The van der Waals surface area contributed by atoms with Crippen LogP contribution in [0.15, 0.2) is 79.1 Å². The van der Waals surface area contributed by atoms with Crippen molar-refractivity contribution in [3.63, 3.8) is 0 Å². The Bertz CT molecular complexity index is 1600. The number of aromatic nitrogens is 2. The molecule has 1 atom stereocenters. The summed E-state index contributed by atoms with van der Waals surface area (Å²) in [4.78, 5) is 32.7. The van der Waals surface area contributed by atoms with Gasteiger partial charge in [0, 0.05) is 61.2 Å². The molecule has 0 fully saturated rings. The molecule has 0 aliphatic rings. The Balaban J connectivity index is 1.77. The van der Waals surface area contributed by atoms with Crippen LogP contribution in [-0.2, 0) is 14.3 Å². The first-order chi connectivity index (χ1) is 18.7. The highest BCUT2D eigenvalue weighted by Gasteiger charge is 2.19. The number of hydrogen-bond acceptors (Lipinski definition) is 6. The number of hydrogen-bond donors (Lipinski definition) is 0. The maximum atomic E-state index is 12.7. The van der Waals surface area contributed by atoms with Gasteiger partial charge in [-0.1, -0.05) is 30.3 Å². The van der Waals surface area contributed by atoms with Crippen LogP contribution in [0, 0.1) is 11.3 Å². The Hall–Kier alpha value is -4.74. The summed E-state index contributed by atoms with van der Waals surface area (Å²) >= 11 is 0. The molecule has 4 aromatic rings. The van der Waals surface area contributed by atoms with Crippen molar-refractivity contribution in [1.29, 1.82) is 5.26 Å². The molecular formula is C31H31N5O3. The molecule has 0 aliphatic carbocycles. The van der Waals surface area contributed by atoms with Crippen LogP contribution >= 0.6 is 0 Å². The van der Waals surface area contributed by atoms with E-state index in [1.165, 1.54) is 6.92 Å². The first kappa shape index (κ1) is 27.3. The lowest BCUT2D eigenvalue weighted by atomic mass is 10.0. The fraction of sp³-hybridized carbons (Fsp3) is 0.226. The first-order valence-electron chi connectivity index (χ1n) is 12.6. The SMILES string of the molecule is CC(=O)OC(C)n1cc(-c2cccc(C#N)c2)c2cc(-c3cccc(N(C)C(=O)/C=C/CN(C)C)c3)cnc21. The van der Waals surface area contributed by atoms with Gasteiger partial charge in [0.05, 0.1) is 11.6 Å². The number of amides is 1. The molecule has 2 heterocycles. The molecule has 198 valence electrons. The molecule has 0 radical (unpaired) electrons. The standard InChI is InChI=1S/C31H31N5O3/c1-21(39-22(2)37)36-20-29(25-11-6-9-23(15-25)18-32)28-17-26(19-33-31(28)36)24-10-7-12-27(16-24)35(5)30(38)13-8-14-34(3)4/h6-13,15-17,19-21H,14H2,1-5H3/b13-8+. The van der Waals surface area contributed by atoms with Crippen molar-refractivity contribution < 1.29 is 14.3 Å². The van der Waals surface area contributed by atoms with Crippen LogP contribution in [0.3, 0.4) is 0 Å². The fourth-order valence-electron chi connectivity index (χ4n) is 4.35. The molecule has 0 saturated carbocycles. The molecule has 0 bridgehead atoms. The normalized spacial score (nSPS) is 12.0. The van der Waals surface area contributed by atoms with Gasteiger partial charge >= 0.3 is 5.97 Å². The zero-order valence-corrected chi connectivity index (χ0v) is 22.8. The molecule has 0 aliphatic heterocycles. The van der Waals surface area contributed by atoms with Crippen molar-refractivity contribution in [3.05, 3.63) is 84.7 Å². The van der Waals surface area contributed by atoms with Crippen LogP contribution in [0.5, 0.6) is 0 Å². The van der Waals surface area contributed by atoms with Crippen LogP contribution in [-0.4, -0.2) is 54.0 Å². The molecule has 2 aromatic carbocycles. The highest BCUT2D eigenvalue weighted by atomic mass is 16.6. The largest absolute Gasteiger partial charge is 0.442 e. The number of carbonyl (C=O) groups is 2.